The Balaban J connectivity index is 1.31. The van der Waals surface area contributed by atoms with Crippen LogP contribution in [0.3, 0.4) is 0 Å². The SMILES string of the molecule is O=C(CSc1nnc(-c2cccs2)n1C1CC1)NCCc1cccc(Cl)c1. The molecule has 8 heteroatoms. The summed E-state index contributed by atoms with van der Waals surface area (Å²) >= 11 is 9.10. The molecule has 2 aromatic heterocycles. The van der Waals surface area contributed by atoms with Gasteiger partial charge in [-0.3, -0.25) is 9.36 Å². The van der Waals surface area contributed by atoms with Gasteiger partial charge in [0.1, 0.15) is 0 Å². The van der Waals surface area contributed by atoms with Crippen LogP contribution in [-0.4, -0.2) is 33.0 Å². The lowest BCUT2D eigenvalue weighted by Gasteiger charge is -2.08. The first-order valence-electron chi connectivity index (χ1n) is 8.83. The van der Waals surface area contributed by atoms with Crippen LogP contribution in [0.25, 0.3) is 10.7 Å². The molecule has 1 N–H and O–H groups in total. The van der Waals surface area contributed by atoms with E-state index in [2.05, 4.69) is 26.1 Å². The molecule has 5 nitrogen and oxygen atoms in total. The van der Waals surface area contributed by atoms with E-state index >= 15 is 0 Å². The number of aromatic nitrogens is 3. The molecule has 2 heterocycles. The second-order valence-electron chi connectivity index (χ2n) is 6.40. The second kappa shape index (κ2) is 8.46. The number of hydrogen-bond donors (Lipinski definition) is 1. The van der Waals surface area contributed by atoms with E-state index < -0.39 is 0 Å². The minimum atomic E-state index is 0.00467. The Morgan fingerprint density at radius 1 is 1.30 bits per heavy atom. The number of thioether (sulfide) groups is 1. The second-order valence-corrected chi connectivity index (χ2v) is 8.73. The molecule has 27 heavy (non-hydrogen) atoms. The average molecular weight is 419 g/mol. The monoisotopic (exact) mass is 418 g/mol. The van der Waals surface area contributed by atoms with Crippen LogP contribution in [0.2, 0.25) is 5.02 Å². The molecule has 1 aromatic carbocycles. The predicted molar refractivity (Wildman–Crippen MR) is 110 cm³/mol. The van der Waals surface area contributed by atoms with Crippen molar-refractivity contribution < 1.29 is 4.79 Å². The van der Waals surface area contributed by atoms with Gasteiger partial charge in [-0.1, -0.05) is 41.6 Å². The van der Waals surface area contributed by atoms with E-state index in [-0.39, 0.29) is 5.91 Å². The molecule has 0 bridgehead atoms. The van der Waals surface area contributed by atoms with E-state index in [9.17, 15) is 4.79 Å². The number of nitrogens with one attached hydrogen (secondary N) is 1. The van der Waals surface area contributed by atoms with Crippen molar-refractivity contribution in [2.24, 2.45) is 0 Å². The van der Waals surface area contributed by atoms with Crippen molar-refractivity contribution in [3.05, 3.63) is 52.4 Å². The Morgan fingerprint density at radius 3 is 2.93 bits per heavy atom. The summed E-state index contributed by atoms with van der Waals surface area (Å²) in [6.45, 7) is 0.593. The highest BCUT2D eigenvalue weighted by atomic mass is 35.5. The lowest BCUT2D eigenvalue weighted by atomic mass is 10.1. The van der Waals surface area contributed by atoms with Gasteiger partial charge in [0.05, 0.1) is 10.6 Å². The van der Waals surface area contributed by atoms with Gasteiger partial charge in [-0.15, -0.1) is 21.5 Å². The van der Waals surface area contributed by atoms with Crippen molar-refractivity contribution in [2.45, 2.75) is 30.5 Å². The number of carbonyl (C=O) groups is 1. The summed E-state index contributed by atoms with van der Waals surface area (Å²) in [4.78, 5) is 13.3. The number of rotatable bonds is 8. The highest BCUT2D eigenvalue weighted by molar-refractivity contribution is 7.99. The Labute approximate surface area is 171 Å². The van der Waals surface area contributed by atoms with Crippen LogP contribution in [0.1, 0.15) is 24.4 Å². The summed E-state index contributed by atoms with van der Waals surface area (Å²) in [6.07, 6.45) is 3.06. The van der Waals surface area contributed by atoms with Gasteiger partial charge in [0.15, 0.2) is 11.0 Å². The van der Waals surface area contributed by atoms with E-state index in [0.29, 0.717) is 18.3 Å². The van der Waals surface area contributed by atoms with Crippen molar-refractivity contribution in [2.75, 3.05) is 12.3 Å². The van der Waals surface area contributed by atoms with Crippen molar-refractivity contribution in [3.8, 4) is 10.7 Å². The van der Waals surface area contributed by atoms with E-state index in [1.165, 1.54) is 11.8 Å². The largest absolute Gasteiger partial charge is 0.355 e. The van der Waals surface area contributed by atoms with Crippen LogP contribution in [0.15, 0.2) is 46.9 Å². The molecule has 0 aliphatic heterocycles. The van der Waals surface area contributed by atoms with Gasteiger partial charge < -0.3 is 5.32 Å². The normalized spacial score (nSPS) is 13.7. The van der Waals surface area contributed by atoms with E-state index in [4.69, 9.17) is 11.6 Å². The number of amides is 1. The topological polar surface area (TPSA) is 59.8 Å². The van der Waals surface area contributed by atoms with Gasteiger partial charge in [-0.25, -0.2) is 0 Å². The fraction of sp³-hybridized carbons (Fsp3) is 0.316. The first-order valence-corrected chi connectivity index (χ1v) is 11.1. The average Bonchev–Trinajstić information content (AvgIpc) is 3.18. The van der Waals surface area contributed by atoms with Crippen LogP contribution in [-0.2, 0) is 11.2 Å². The maximum Gasteiger partial charge on any atom is 0.230 e. The summed E-state index contributed by atoms with van der Waals surface area (Å²) in [6, 6.07) is 12.2. The van der Waals surface area contributed by atoms with Crippen LogP contribution < -0.4 is 5.32 Å². The fourth-order valence-electron chi connectivity index (χ4n) is 2.83. The molecule has 0 saturated heterocycles. The molecule has 0 spiro atoms. The van der Waals surface area contributed by atoms with Crippen molar-refractivity contribution in [3.63, 3.8) is 0 Å². The molecule has 3 aromatic rings. The molecule has 140 valence electrons. The summed E-state index contributed by atoms with van der Waals surface area (Å²) in [5, 5.41) is 15.2. The van der Waals surface area contributed by atoms with Crippen molar-refractivity contribution in [1.82, 2.24) is 20.1 Å². The third-order valence-corrected chi connectivity index (χ3v) is 6.32. The quantitative estimate of drug-likeness (QED) is 0.549. The summed E-state index contributed by atoms with van der Waals surface area (Å²) in [5.41, 5.74) is 1.12. The minimum absolute atomic E-state index is 0.00467. The van der Waals surface area contributed by atoms with E-state index in [0.717, 1.165) is 45.7 Å². The van der Waals surface area contributed by atoms with Gasteiger partial charge >= 0.3 is 0 Å². The summed E-state index contributed by atoms with van der Waals surface area (Å²) in [5.74, 6) is 1.26. The standard InChI is InChI=1S/C19H19ClN4OS2/c20-14-4-1-3-13(11-14)8-9-21-17(25)12-27-19-23-22-18(16-5-2-10-26-16)24(19)15-6-7-15/h1-5,10-11,15H,6-9,12H2,(H,21,25). The Bertz CT molecular complexity index is 922. The number of thiophene rings is 1. The van der Waals surface area contributed by atoms with Crippen LogP contribution in [0.4, 0.5) is 0 Å². The number of nitrogens with zero attached hydrogens (tertiary/aromatic N) is 3. The van der Waals surface area contributed by atoms with E-state index in [1.807, 2.05) is 35.7 Å². The Kier molecular flexibility index (Phi) is 5.80. The molecule has 1 amide bonds. The number of benzene rings is 1. The number of hydrogen-bond acceptors (Lipinski definition) is 5. The molecule has 0 atom stereocenters. The van der Waals surface area contributed by atoms with Gasteiger partial charge in [0.25, 0.3) is 0 Å². The molecule has 1 saturated carbocycles. The third-order valence-electron chi connectivity index (χ3n) is 4.28. The molecule has 4 rings (SSSR count). The molecule has 1 fully saturated rings. The van der Waals surface area contributed by atoms with Crippen LogP contribution >= 0.6 is 34.7 Å². The fourth-order valence-corrected chi connectivity index (χ4v) is 4.58. The minimum Gasteiger partial charge on any atom is -0.355 e. The van der Waals surface area contributed by atoms with Crippen LogP contribution in [0, 0.1) is 0 Å². The molecule has 1 aliphatic carbocycles. The molecular weight excluding hydrogens is 400 g/mol. The zero-order valence-electron chi connectivity index (χ0n) is 14.6. The van der Waals surface area contributed by atoms with Crippen molar-refractivity contribution in [1.29, 1.82) is 0 Å². The number of halogens is 1. The van der Waals surface area contributed by atoms with Gasteiger partial charge in [0.2, 0.25) is 5.91 Å². The predicted octanol–water partition coefficient (Wildman–Crippen LogP) is 4.45. The Hall–Kier alpha value is -1.83. The highest BCUT2D eigenvalue weighted by Gasteiger charge is 2.30. The summed E-state index contributed by atoms with van der Waals surface area (Å²) in [7, 11) is 0. The molecule has 1 aliphatic rings. The first kappa shape index (κ1) is 18.5. The zero-order valence-corrected chi connectivity index (χ0v) is 17.0. The smallest absolute Gasteiger partial charge is 0.230 e. The third kappa shape index (κ3) is 4.72. The molecule has 0 radical (unpaired) electrons. The number of carbonyl (C=O) groups excluding carboxylic acids is 1. The molecular formula is C19H19ClN4OS2. The van der Waals surface area contributed by atoms with Gasteiger partial charge in [-0.05, 0) is 48.4 Å². The Morgan fingerprint density at radius 2 is 2.19 bits per heavy atom. The highest BCUT2D eigenvalue weighted by Crippen LogP contribution is 2.41. The van der Waals surface area contributed by atoms with Gasteiger partial charge in [0, 0.05) is 17.6 Å². The maximum absolute atomic E-state index is 12.2. The lowest BCUT2D eigenvalue weighted by Crippen LogP contribution is -2.27. The van der Waals surface area contributed by atoms with E-state index in [1.54, 1.807) is 11.3 Å². The van der Waals surface area contributed by atoms with Crippen molar-refractivity contribution >= 4 is 40.6 Å². The van der Waals surface area contributed by atoms with Gasteiger partial charge in [-0.2, -0.15) is 0 Å². The van der Waals surface area contributed by atoms with Crippen LogP contribution in [0.5, 0.6) is 0 Å². The lowest BCUT2D eigenvalue weighted by molar-refractivity contribution is -0.118. The zero-order chi connectivity index (χ0) is 18.6. The summed E-state index contributed by atoms with van der Waals surface area (Å²) < 4.78 is 2.19. The molecule has 0 unspecified atom stereocenters. The maximum atomic E-state index is 12.2. The first-order chi connectivity index (χ1) is 13.2.